The summed E-state index contributed by atoms with van der Waals surface area (Å²) in [6.07, 6.45) is 2.15. The van der Waals surface area contributed by atoms with E-state index >= 15 is 0 Å². The molecule has 31 heavy (non-hydrogen) atoms. The SMILES string of the molecule is Cc1nc2ccccc2c(-c2ccc3c4c(ccnc24)CCO3)c1C(N)OC(C)(C)C. The smallest absolute Gasteiger partial charge is 0.134 e. The van der Waals surface area contributed by atoms with Crippen molar-refractivity contribution < 1.29 is 9.47 Å². The minimum atomic E-state index is -0.617. The van der Waals surface area contributed by atoms with Gasteiger partial charge in [-0.15, -0.1) is 0 Å². The van der Waals surface area contributed by atoms with Gasteiger partial charge in [0, 0.05) is 45.8 Å². The van der Waals surface area contributed by atoms with Gasteiger partial charge in [-0.3, -0.25) is 9.97 Å². The fourth-order valence-corrected chi connectivity index (χ4v) is 4.53. The summed E-state index contributed by atoms with van der Waals surface area (Å²) in [5, 5.41) is 2.12. The van der Waals surface area contributed by atoms with Gasteiger partial charge in [0.05, 0.1) is 23.2 Å². The number of para-hydroxylation sites is 1. The van der Waals surface area contributed by atoms with Gasteiger partial charge in [-0.1, -0.05) is 18.2 Å². The molecule has 0 saturated heterocycles. The van der Waals surface area contributed by atoms with Crippen LogP contribution in [0.15, 0.2) is 48.7 Å². The molecule has 158 valence electrons. The predicted octanol–water partition coefficient (Wildman–Crippen LogP) is 5.47. The molecule has 0 aliphatic carbocycles. The van der Waals surface area contributed by atoms with Crippen LogP contribution in [0.5, 0.6) is 5.75 Å². The Bertz CT molecular complexity index is 1300. The monoisotopic (exact) mass is 413 g/mol. The molecule has 2 aromatic heterocycles. The molecular weight excluding hydrogens is 386 g/mol. The van der Waals surface area contributed by atoms with Gasteiger partial charge in [-0.2, -0.15) is 0 Å². The maximum Gasteiger partial charge on any atom is 0.134 e. The first-order chi connectivity index (χ1) is 14.8. The lowest BCUT2D eigenvalue weighted by molar-refractivity contribution is -0.0588. The third-order valence-electron chi connectivity index (χ3n) is 5.72. The molecule has 2 aromatic carbocycles. The molecule has 5 heteroatoms. The molecule has 4 aromatic rings. The van der Waals surface area contributed by atoms with Crippen molar-refractivity contribution in [1.82, 2.24) is 9.97 Å². The van der Waals surface area contributed by atoms with Crippen molar-refractivity contribution in [2.24, 2.45) is 5.73 Å². The van der Waals surface area contributed by atoms with E-state index in [-0.39, 0.29) is 5.60 Å². The first-order valence-electron chi connectivity index (χ1n) is 10.7. The average Bonchev–Trinajstić information content (AvgIpc) is 2.72. The molecular formula is C26H27N3O2. The van der Waals surface area contributed by atoms with Crippen molar-refractivity contribution >= 4 is 21.8 Å². The van der Waals surface area contributed by atoms with Crippen molar-refractivity contribution in [1.29, 1.82) is 0 Å². The lowest BCUT2D eigenvalue weighted by atomic mass is 9.90. The van der Waals surface area contributed by atoms with Crippen molar-refractivity contribution in [3.8, 4) is 16.9 Å². The summed E-state index contributed by atoms with van der Waals surface area (Å²) in [7, 11) is 0. The maximum atomic E-state index is 6.65. The Morgan fingerprint density at radius 3 is 2.71 bits per heavy atom. The minimum Gasteiger partial charge on any atom is -0.493 e. The molecule has 0 radical (unpaired) electrons. The average molecular weight is 414 g/mol. The number of hydrogen-bond donors (Lipinski definition) is 1. The number of pyridine rings is 2. The first-order valence-corrected chi connectivity index (χ1v) is 10.7. The maximum absolute atomic E-state index is 6.65. The summed E-state index contributed by atoms with van der Waals surface area (Å²) in [4.78, 5) is 9.64. The van der Waals surface area contributed by atoms with Gasteiger partial charge >= 0.3 is 0 Å². The molecule has 1 unspecified atom stereocenters. The summed E-state index contributed by atoms with van der Waals surface area (Å²) in [6, 6.07) is 14.4. The van der Waals surface area contributed by atoms with Crippen molar-refractivity contribution in [3.05, 3.63) is 65.5 Å². The molecule has 5 nitrogen and oxygen atoms in total. The number of ether oxygens (including phenoxy) is 2. The fraction of sp³-hybridized carbons (Fsp3) is 0.308. The molecule has 0 fully saturated rings. The molecule has 1 aliphatic heterocycles. The lowest BCUT2D eigenvalue weighted by Crippen LogP contribution is -2.28. The van der Waals surface area contributed by atoms with Gasteiger partial charge in [-0.05, 0) is 57.5 Å². The van der Waals surface area contributed by atoms with Gasteiger partial charge in [0.1, 0.15) is 12.0 Å². The second-order valence-electron chi connectivity index (χ2n) is 9.06. The highest BCUT2D eigenvalue weighted by Gasteiger charge is 2.26. The highest BCUT2D eigenvalue weighted by molar-refractivity contribution is 6.07. The first kappa shape index (κ1) is 19.9. The van der Waals surface area contributed by atoms with E-state index in [1.807, 2.05) is 58.2 Å². The molecule has 0 spiro atoms. The lowest BCUT2D eigenvalue weighted by Gasteiger charge is -2.28. The Hall–Kier alpha value is -3.02. The van der Waals surface area contributed by atoms with E-state index in [2.05, 4.69) is 18.2 Å². The van der Waals surface area contributed by atoms with Crippen LogP contribution in [-0.4, -0.2) is 22.2 Å². The molecule has 5 rings (SSSR count). The highest BCUT2D eigenvalue weighted by Crippen LogP contribution is 2.43. The summed E-state index contributed by atoms with van der Waals surface area (Å²) >= 11 is 0. The molecule has 2 N–H and O–H groups in total. The van der Waals surface area contributed by atoms with E-state index in [9.17, 15) is 0 Å². The van der Waals surface area contributed by atoms with E-state index in [0.717, 1.165) is 56.4 Å². The Balaban J connectivity index is 1.87. The van der Waals surface area contributed by atoms with Crippen LogP contribution in [-0.2, 0) is 11.2 Å². The number of aromatic nitrogens is 2. The van der Waals surface area contributed by atoms with E-state index in [1.165, 1.54) is 5.56 Å². The summed E-state index contributed by atoms with van der Waals surface area (Å²) < 4.78 is 12.1. The summed E-state index contributed by atoms with van der Waals surface area (Å²) in [6.45, 7) is 8.73. The number of fused-ring (bicyclic) bond motifs is 1. The topological polar surface area (TPSA) is 70.3 Å². The van der Waals surface area contributed by atoms with Crippen molar-refractivity contribution in [2.75, 3.05) is 6.61 Å². The van der Waals surface area contributed by atoms with Gasteiger partial charge in [0.15, 0.2) is 0 Å². The van der Waals surface area contributed by atoms with Crippen LogP contribution < -0.4 is 10.5 Å². The zero-order valence-electron chi connectivity index (χ0n) is 18.4. The number of rotatable bonds is 3. The quantitative estimate of drug-likeness (QED) is 0.451. The van der Waals surface area contributed by atoms with E-state index < -0.39 is 6.23 Å². The molecule has 0 saturated carbocycles. The Kier molecular flexibility index (Phi) is 4.68. The Labute approximate surface area is 182 Å². The molecule has 3 heterocycles. The molecule has 1 atom stereocenters. The van der Waals surface area contributed by atoms with Gasteiger partial charge in [0.25, 0.3) is 0 Å². The van der Waals surface area contributed by atoms with Crippen LogP contribution in [0.25, 0.3) is 32.9 Å². The van der Waals surface area contributed by atoms with Gasteiger partial charge in [-0.25, -0.2) is 0 Å². The van der Waals surface area contributed by atoms with Gasteiger partial charge < -0.3 is 15.2 Å². The van der Waals surface area contributed by atoms with E-state index in [1.54, 1.807) is 0 Å². The number of nitrogens with two attached hydrogens (primary N) is 1. The number of benzene rings is 2. The zero-order valence-corrected chi connectivity index (χ0v) is 18.4. The third kappa shape index (κ3) is 3.44. The fourth-order valence-electron chi connectivity index (χ4n) is 4.53. The van der Waals surface area contributed by atoms with Crippen LogP contribution in [0.2, 0.25) is 0 Å². The zero-order chi connectivity index (χ0) is 21.8. The molecule has 1 aliphatic rings. The van der Waals surface area contributed by atoms with Crippen molar-refractivity contribution in [2.45, 2.75) is 45.9 Å². The Morgan fingerprint density at radius 2 is 1.90 bits per heavy atom. The molecule has 0 amide bonds. The van der Waals surface area contributed by atoms with Gasteiger partial charge in [0.2, 0.25) is 0 Å². The number of aryl methyl sites for hydroxylation is 1. The van der Waals surface area contributed by atoms with Crippen LogP contribution in [0.3, 0.4) is 0 Å². The standard InChI is InChI=1S/C26H27N3O2/c1-15-21(25(27)31-26(2,3)4)23(17-7-5-6-8-19(17)29-15)18-9-10-20-22-16(12-14-30-20)11-13-28-24(18)22/h5-11,13,25H,12,14,27H2,1-4H3. The second-order valence-corrected chi connectivity index (χ2v) is 9.06. The van der Waals surface area contributed by atoms with Crippen molar-refractivity contribution in [3.63, 3.8) is 0 Å². The summed E-state index contributed by atoms with van der Waals surface area (Å²) in [5.41, 5.74) is 13.2. The highest BCUT2D eigenvalue weighted by atomic mass is 16.5. The van der Waals surface area contributed by atoms with E-state index in [4.69, 9.17) is 25.2 Å². The van der Waals surface area contributed by atoms with Crippen LogP contribution in [0.1, 0.15) is 43.8 Å². The second kappa shape index (κ2) is 7.29. The largest absolute Gasteiger partial charge is 0.493 e. The third-order valence-corrected chi connectivity index (χ3v) is 5.72. The normalized spacial score (nSPS) is 14.6. The van der Waals surface area contributed by atoms with E-state index in [0.29, 0.717) is 6.61 Å². The van der Waals surface area contributed by atoms with Crippen LogP contribution >= 0.6 is 0 Å². The van der Waals surface area contributed by atoms with Crippen LogP contribution in [0, 0.1) is 6.92 Å². The number of nitrogens with zero attached hydrogens (tertiary/aromatic N) is 2. The predicted molar refractivity (Wildman–Crippen MR) is 124 cm³/mol. The summed E-state index contributed by atoms with van der Waals surface area (Å²) in [5.74, 6) is 0.889. The number of hydrogen-bond acceptors (Lipinski definition) is 5. The molecule has 0 bridgehead atoms. The Morgan fingerprint density at radius 1 is 1.10 bits per heavy atom. The van der Waals surface area contributed by atoms with Crippen LogP contribution in [0.4, 0.5) is 0 Å². The minimum absolute atomic E-state index is 0.388.